The van der Waals surface area contributed by atoms with Crippen LogP contribution in [0.3, 0.4) is 0 Å². The minimum Gasteiger partial charge on any atom is -0.426 e. The summed E-state index contributed by atoms with van der Waals surface area (Å²) < 4.78 is 9.77. The standard InChI is InChI=1S/C12H12O5/c1-7-4-10(6-13)12(17-9(3)15)5-11(7)16-8(2)14/h4-6H,1-3H3. The van der Waals surface area contributed by atoms with Crippen LogP contribution in [-0.2, 0) is 9.59 Å². The summed E-state index contributed by atoms with van der Waals surface area (Å²) in [6.45, 7) is 4.17. The Kier molecular flexibility index (Phi) is 3.98. The fourth-order valence-corrected chi connectivity index (χ4v) is 1.29. The van der Waals surface area contributed by atoms with Crippen molar-refractivity contribution in [1.82, 2.24) is 0 Å². The maximum absolute atomic E-state index is 10.9. The van der Waals surface area contributed by atoms with E-state index in [4.69, 9.17) is 9.47 Å². The highest BCUT2D eigenvalue weighted by Gasteiger charge is 2.12. The molecule has 0 saturated heterocycles. The Morgan fingerprint density at radius 3 is 2.06 bits per heavy atom. The Balaban J connectivity index is 3.21. The minimum atomic E-state index is -0.550. The van der Waals surface area contributed by atoms with Crippen LogP contribution in [0, 0.1) is 6.92 Å². The van der Waals surface area contributed by atoms with Gasteiger partial charge >= 0.3 is 11.9 Å². The summed E-state index contributed by atoms with van der Waals surface area (Å²) in [6.07, 6.45) is 0.572. The number of benzene rings is 1. The van der Waals surface area contributed by atoms with E-state index in [-0.39, 0.29) is 17.1 Å². The highest BCUT2D eigenvalue weighted by atomic mass is 16.5. The highest BCUT2D eigenvalue weighted by molar-refractivity contribution is 5.83. The number of rotatable bonds is 3. The number of aryl methyl sites for hydroxylation is 1. The van der Waals surface area contributed by atoms with Crippen LogP contribution in [0.2, 0.25) is 0 Å². The van der Waals surface area contributed by atoms with E-state index in [1.54, 1.807) is 6.92 Å². The van der Waals surface area contributed by atoms with Gasteiger partial charge in [0.1, 0.15) is 11.5 Å². The largest absolute Gasteiger partial charge is 0.426 e. The molecule has 0 aliphatic heterocycles. The zero-order valence-electron chi connectivity index (χ0n) is 9.77. The van der Waals surface area contributed by atoms with Crippen molar-refractivity contribution in [2.45, 2.75) is 20.8 Å². The van der Waals surface area contributed by atoms with Gasteiger partial charge < -0.3 is 9.47 Å². The number of hydrogen-bond acceptors (Lipinski definition) is 5. The molecule has 5 heteroatoms. The SMILES string of the molecule is CC(=O)Oc1cc(OC(C)=O)c(C=O)cc1C. The zero-order valence-corrected chi connectivity index (χ0v) is 9.77. The Bertz CT molecular complexity index is 476. The fraction of sp³-hybridized carbons (Fsp3) is 0.250. The molecule has 90 valence electrons. The fourth-order valence-electron chi connectivity index (χ4n) is 1.29. The molecular weight excluding hydrogens is 224 g/mol. The van der Waals surface area contributed by atoms with Crippen LogP contribution in [0.4, 0.5) is 0 Å². The maximum atomic E-state index is 10.9. The summed E-state index contributed by atoms with van der Waals surface area (Å²) in [5.41, 5.74) is 0.840. The molecule has 1 rings (SSSR count). The van der Waals surface area contributed by atoms with Gasteiger partial charge in [-0.25, -0.2) is 0 Å². The lowest BCUT2D eigenvalue weighted by Crippen LogP contribution is -2.07. The number of ether oxygens (including phenoxy) is 2. The number of esters is 2. The predicted molar refractivity (Wildman–Crippen MR) is 59.2 cm³/mol. The minimum absolute atomic E-state index is 0.0781. The molecular formula is C12H12O5. The topological polar surface area (TPSA) is 69.7 Å². The van der Waals surface area contributed by atoms with E-state index in [2.05, 4.69) is 0 Å². The van der Waals surface area contributed by atoms with E-state index < -0.39 is 11.9 Å². The van der Waals surface area contributed by atoms with Crippen molar-refractivity contribution in [3.8, 4) is 11.5 Å². The molecule has 17 heavy (non-hydrogen) atoms. The van der Waals surface area contributed by atoms with Crippen molar-refractivity contribution in [2.75, 3.05) is 0 Å². The van der Waals surface area contributed by atoms with E-state index in [1.165, 1.54) is 26.0 Å². The first kappa shape index (κ1) is 12.9. The molecule has 0 aliphatic carbocycles. The molecule has 0 amide bonds. The van der Waals surface area contributed by atoms with Gasteiger partial charge in [-0.15, -0.1) is 0 Å². The van der Waals surface area contributed by atoms with E-state index in [0.29, 0.717) is 11.8 Å². The van der Waals surface area contributed by atoms with E-state index in [9.17, 15) is 14.4 Å². The van der Waals surface area contributed by atoms with Gasteiger partial charge in [-0.05, 0) is 18.6 Å². The lowest BCUT2D eigenvalue weighted by atomic mass is 10.1. The normalized spacial score (nSPS) is 9.59. The summed E-state index contributed by atoms with van der Waals surface area (Å²) in [5, 5.41) is 0. The summed E-state index contributed by atoms with van der Waals surface area (Å²) in [5.74, 6) is -0.694. The van der Waals surface area contributed by atoms with Gasteiger partial charge in [0.2, 0.25) is 0 Å². The number of carbonyl (C=O) groups excluding carboxylic acids is 3. The van der Waals surface area contributed by atoms with Crippen LogP contribution in [0.25, 0.3) is 0 Å². The first-order valence-corrected chi connectivity index (χ1v) is 4.90. The Hall–Kier alpha value is -2.17. The van der Waals surface area contributed by atoms with Crippen molar-refractivity contribution in [2.24, 2.45) is 0 Å². The third kappa shape index (κ3) is 3.41. The van der Waals surface area contributed by atoms with Crippen molar-refractivity contribution in [1.29, 1.82) is 0 Å². The predicted octanol–water partition coefficient (Wildman–Crippen LogP) is 1.66. The number of hydrogen-bond donors (Lipinski definition) is 0. The van der Waals surface area contributed by atoms with Gasteiger partial charge in [-0.1, -0.05) is 0 Å². The summed E-state index contributed by atoms with van der Waals surface area (Å²) >= 11 is 0. The Labute approximate surface area is 98.3 Å². The van der Waals surface area contributed by atoms with Crippen LogP contribution in [0.5, 0.6) is 11.5 Å². The molecule has 1 aromatic rings. The molecule has 0 saturated carbocycles. The maximum Gasteiger partial charge on any atom is 0.308 e. The second-order valence-corrected chi connectivity index (χ2v) is 3.46. The van der Waals surface area contributed by atoms with E-state index in [1.807, 2.05) is 0 Å². The summed E-state index contributed by atoms with van der Waals surface area (Å²) in [4.78, 5) is 32.5. The van der Waals surface area contributed by atoms with Gasteiger partial charge in [0.05, 0.1) is 5.56 Å². The number of aldehydes is 1. The van der Waals surface area contributed by atoms with E-state index >= 15 is 0 Å². The average Bonchev–Trinajstić information content (AvgIpc) is 2.21. The molecule has 0 aromatic heterocycles. The van der Waals surface area contributed by atoms with Gasteiger partial charge in [0.25, 0.3) is 0 Å². The molecule has 0 heterocycles. The second-order valence-electron chi connectivity index (χ2n) is 3.46. The molecule has 0 atom stereocenters. The average molecular weight is 236 g/mol. The van der Waals surface area contributed by atoms with Crippen LogP contribution >= 0.6 is 0 Å². The van der Waals surface area contributed by atoms with Crippen molar-refractivity contribution in [3.63, 3.8) is 0 Å². The van der Waals surface area contributed by atoms with Gasteiger partial charge in [-0.2, -0.15) is 0 Å². The number of carbonyl (C=O) groups is 3. The summed E-state index contributed by atoms with van der Waals surface area (Å²) in [6, 6.07) is 2.84. The third-order valence-electron chi connectivity index (χ3n) is 1.94. The van der Waals surface area contributed by atoms with Gasteiger partial charge in [-0.3, -0.25) is 14.4 Å². The summed E-state index contributed by atoms with van der Waals surface area (Å²) in [7, 11) is 0. The quantitative estimate of drug-likeness (QED) is 0.453. The molecule has 0 aliphatic rings. The second kappa shape index (κ2) is 5.25. The zero-order chi connectivity index (χ0) is 13.0. The smallest absolute Gasteiger partial charge is 0.308 e. The Morgan fingerprint density at radius 1 is 1.06 bits per heavy atom. The first-order valence-electron chi connectivity index (χ1n) is 4.90. The van der Waals surface area contributed by atoms with Crippen LogP contribution in [0.15, 0.2) is 12.1 Å². The van der Waals surface area contributed by atoms with Crippen molar-refractivity contribution < 1.29 is 23.9 Å². The third-order valence-corrected chi connectivity index (χ3v) is 1.94. The highest BCUT2D eigenvalue weighted by Crippen LogP contribution is 2.28. The van der Waals surface area contributed by atoms with Gasteiger partial charge in [0.15, 0.2) is 6.29 Å². The molecule has 0 spiro atoms. The molecule has 1 aromatic carbocycles. The van der Waals surface area contributed by atoms with Crippen molar-refractivity contribution >= 4 is 18.2 Å². The van der Waals surface area contributed by atoms with Gasteiger partial charge in [0, 0.05) is 19.9 Å². The van der Waals surface area contributed by atoms with Crippen LogP contribution in [0.1, 0.15) is 29.8 Å². The molecule has 0 unspecified atom stereocenters. The molecule has 5 nitrogen and oxygen atoms in total. The van der Waals surface area contributed by atoms with Crippen molar-refractivity contribution in [3.05, 3.63) is 23.3 Å². The molecule has 0 radical (unpaired) electrons. The molecule has 0 fully saturated rings. The lowest BCUT2D eigenvalue weighted by Gasteiger charge is -2.10. The first-order chi connectivity index (χ1) is 7.93. The molecule has 0 N–H and O–H groups in total. The molecule has 0 bridgehead atoms. The van der Waals surface area contributed by atoms with Crippen LogP contribution in [-0.4, -0.2) is 18.2 Å². The van der Waals surface area contributed by atoms with Crippen LogP contribution < -0.4 is 9.47 Å². The monoisotopic (exact) mass is 236 g/mol. The van der Waals surface area contributed by atoms with E-state index in [0.717, 1.165) is 0 Å². The Morgan fingerprint density at radius 2 is 1.59 bits per heavy atom. The lowest BCUT2D eigenvalue weighted by molar-refractivity contribution is -0.132.